The van der Waals surface area contributed by atoms with Gasteiger partial charge in [0.25, 0.3) is 5.91 Å². The van der Waals surface area contributed by atoms with Crippen molar-refractivity contribution < 1.29 is 9.53 Å². The van der Waals surface area contributed by atoms with Crippen molar-refractivity contribution in [3.05, 3.63) is 30.3 Å². The highest BCUT2D eigenvalue weighted by Gasteiger charge is 2.39. The van der Waals surface area contributed by atoms with Gasteiger partial charge < -0.3 is 15.8 Å². The van der Waals surface area contributed by atoms with Crippen molar-refractivity contribution in [1.29, 1.82) is 0 Å². The first-order chi connectivity index (χ1) is 10.2. The van der Waals surface area contributed by atoms with Crippen LogP contribution in [0.1, 0.15) is 32.1 Å². The fraction of sp³-hybridized carbons (Fsp3) is 0.588. The molecule has 0 heterocycles. The van der Waals surface area contributed by atoms with Gasteiger partial charge in [0, 0.05) is 12.1 Å². The van der Waals surface area contributed by atoms with E-state index >= 15 is 0 Å². The van der Waals surface area contributed by atoms with Crippen molar-refractivity contribution in [3.8, 4) is 5.75 Å². The number of fused-ring (bicyclic) bond motifs is 2. The van der Waals surface area contributed by atoms with E-state index in [9.17, 15) is 4.79 Å². The molecule has 1 aromatic carbocycles. The average Bonchev–Trinajstić information content (AvgIpc) is 2.47. The van der Waals surface area contributed by atoms with Crippen LogP contribution < -0.4 is 15.8 Å². The summed E-state index contributed by atoms with van der Waals surface area (Å²) in [5, 5.41) is 3.19. The van der Waals surface area contributed by atoms with Crippen molar-refractivity contribution in [3.63, 3.8) is 0 Å². The van der Waals surface area contributed by atoms with Gasteiger partial charge in [-0.2, -0.15) is 0 Å². The molecule has 2 bridgehead atoms. The number of ether oxygens (including phenoxy) is 1. The minimum atomic E-state index is -0.0174. The number of nitrogens with two attached hydrogens (primary N) is 1. The molecule has 2 saturated carbocycles. The molecule has 2 fully saturated rings. The Balaban J connectivity index is 0.00000176. The van der Waals surface area contributed by atoms with Crippen LogP contribution in [0.2, 0.25) is 0 Å². The minimum Gasteiger partial charge on any atom is -0.484 e. The second-order valence-corrected chi connectivity index (χ2v) is 6.38. The van der Waals surface area contributed by atoms with Crippen molar-refractivity contribution in [2.24, 2.45) is 17.6 Å². The zero-order valence-corrected chi connectivity index (χ0v) is 13.6. The zero-order chi connectivity index (χ0) is 14.7. The number of rotatable bonds is 4. The lowest BCUT2D eigenvalue weighted by Crippen LogP contribution is -2.54. The first-order valence-electron chi connectivity index (χ1n) is 7.95. The molecule has 2 unspecified atom stereocenters. The molecule has 3 N–H and O–H groups in total. The monoisotopic (exact) mass is 324 g/mol. The van der Waals surface area contributed by atoms with Gasteiger partial charge in [-0.1, -0.05) is 24.6 Å². The number of nitrogens with one attached hydrogen (secondary N) is 1. The summed E-state index contributed by atoms with van der Waals surface area (Å²) in [4.78, 5) is 12.1. The van der Waals surface area contributed by atoms with Gasteiger partial charge in [-0.05, 0) is 49.7 Å². The van der Waals surface area contributed by atoms with Gasteiger partial charge in [-0.15, -0.1) is 12.4 Å². The van der Waals surface area contributed by atoms with Crippen LogP contribution in [-0.2, 0) is 4.79 Å². The molecule has 2 aliphatic rings. The fourth-order valence-corrected chi connectivity index (χ4v) is 3.92. The van der Waals surface area contributed by atoms with Gasteiger partial charge >= 0.3 is 0 Å². The predicted octanol–water partition coefficient (Wildman–Crippen LogP) is 2.51. The lowest BCUT2D eigenvalue weighted by molar-refractivity contribution is -0.125. The molecule has 0 aromatic heterocycles. The molecule has 1 amide bonds. The maximum absolute atomic E-state index is 12.1. The third kappa shape index (κ3) is 4.14. The first kappa shape index (κ1) is 17.1. The summed E-state index contributed by atoms with van der Waals surface area (Å²) in [5.74, 6) is 1.82. The topological polar surface area (TPSA) is 64.3 Å². The third-order valence-corrected chi connectivity index (χ3v) is 4.82. The Kier molecular flexibility index (Phi) is 6.09. The van der Waals surface area contributed by atoms with Crippen molar-refractivity contribution >= 4 is 18.3 Å². The molecule has 0 radical (unpaired) electrons. The summed E-state index contributed by atoms with van der Waals surface area (Å²) in [5.41, 5.74) is 6.12. The smallest absolute Gasteiger partial charge is 0.258 e. The number of amides is 1. The van der Waals surface area contributed by atoms with Crippen LogP contribution in [0.4, 0.5) is 0 Å². The fourth-order valence-electron chi connectivity index (χ4n) is 3.92. The number of carbonyl (C=O) groups excluding carboxylic acids is 1. The highest BCUT2D eigenvalue weighted by atomic mass is 35.5. The quantitative estimate of drug-likeness (QED) is 0.894. The van der Waals surface area contributed by atoms with Crippen LogP contribution in [-0.4, -0.2) is 24.6 Å². The van der Waals surface area contributed by atoms with E-state index in [0.29, 0.717) is 23.9 Å². The molecule has 22 heavy (non-hydrogen) atoms. The van der Waals surface area contributed by atoms with Crippen LogP contribution in [0.3, 0.4) is 0 Å². The number of carbonyl (C=O) groups is 1. The van der Waals surface area contributed by atoms with Gasteiger partial charge in [0.15, 0.2) is 6.61 Å². The molecule has 2 aliphatic carbocycles. The summed E-state index contributed by atoms with van der Waals surface area (Å²) in [7, 11) is 0. The number of para-hydroxylation sites is 1. The van der Waals surface area contributed by atoms with Gasteiger partial charge in [0.1, 0.15) is 5.75 Å². The molecule has 4 nitrogen and oxygen atoms in total. The summed E-state index contributed by atoms with van der Waals surface area (Å²) in [6.07, 6.45) is 5.74. The second-order valence-electron chi connectivity index (χ2n) is 6.38. The Morgan fingerprint density at radius 3 is 2.45 bits per heavy atom. The van der Waals surface area contributed by atoms with E-state index < -0.39 is 0 Å². The van der Waals surface area contributed by atoms with E-state index in [1.807, 2.05) is 30.3 Å². The minimum absolute atomic E-state index is 0. The van der Waals surface area contributed by atoms with E-state index in [0.717, 1.165) is 18.6 Å². The largest absolute Gasteiger partial charge is 0.484 e. The Morgan fingerprint density at radius 2 is 1.82 bits per heavy atom. The van der Waals surface area contributed by atoms with E-state index in [-0.39, 0.29) is 24.9 Å². The lowest BCUT2D eigenvalue weighted by Gasteiger charge is -2.45. The molecule has 0 aliphatic heterocycles. The Morgan fingerprint density at radius 1 is 1.18 bits per heavy atom. The van der Waals surface area contributed by atoms with Crippen molar-refractivity contribution in [2.45, 2.75) is 44.2 Å². The van der Waals surface area contributed by atoms with Crippen LogP contribution in [0.5, 0.6) is 5.75 Å². The molecule has 3 rings (SSSR count). The van der Waals surface area contributed by atoms with Crippen molar-refractivity contribution in [1.82, 2.24) is 5.32 Å². The van der Waals surface area contributed by atoms with Crippen LogP contribution in [0.15, 0.2) is 30.3 Å². The maximum atomic E-state index is 12.1. The maximum Gasteiger partial charge on any atom is 0.258 e. The summed E-state index contributed by atoms with van der Waals surface area (Å²) in [6.45, 7) is 0.0893. The molecule has 0 saturated heterocycles. The molecular formula is C17H25ClN2O2. The van der Waals surface area contributed by atoms with E-state index in [1.54, 1.807) is 0 Å². The number of hydrogen-bond acceptors (Lipinski definition) is 3. The molecule has 122 valence electrons. The Labute approximate surface area is 138 Å². The van der Waals surface area contributed by atoms with Crippen LogP contribution in [0.25, 0.3) is 0 Å². The van der Waals surface area contributed by atoms with Crippen molar-refractivity contribution in [2.75, 3.05) is 6.61 Å². The Hall–Kier alpha value is -1.26. The van der Waals surface area contributed by atoms with E-state index in [4.69, 9.17) is 10.5 Å². The van der Waals surface area contributed by atoms with Crippen LogP contribution in [0, 0.1) is 11.8 Å². The number of hydrogen-bond donors (Lipinski definition) is 2. The molecule has 5 heteroatoms. The number of halogens is 1. The third-order valence-electron chi connectivity index (χ3n) is 4.82. The van der Waals surface area contributed by atoms with E-state index in [1.165, 1.54) is 19.3 Å². The highest BCUT2D eigenvalue weighted by Crippen LogP contribution is 2.39. The van der Waals surface area contributed by atoms with Gasteiger partial charge in [-0.25, -0.2) is 0 Å². The lowest BCUT2D eigenvalue weighted by atomic mass is 9.67. The molecule has 2 atom stereocenters. The summed E-state index contributed by atoms with van der Waals surface area (Å²) >= 11 is 0. The normalized spacial score (nSPS) is 30.0. The van der Waals surface area contributed by atoms with Gasteiger partial charge in [0.05, 0.1) is 0 Å². The van der Waals surface area contributed by atoms with Crippen LogP contribution >= 0.6 is 12.4 Å². The van der Waals surface area contributed by atoms with Gasteiger partial charge in [-0.3, -0.25) is 4.79 Å². The highest BCUT2D eigenvalue weighted by molar-refractivity contribution is 5.85. The van der Waals surface area contributed by atoms with E-state index in [2.05, 4.69) is 5.32 Å². The summed E-state index contributed by atoms with van der Waals surface area (Å²) < 4.78 is 5.52. The standard InChI is InChI=1S/C17H24N2O2.ClH/c18-14-9-12-5-4-6-13(10-14)17(12)19-16(20)11-21-15-7-2-1-3-8-15;/h1-3,7-8,12-14,17H,4-6,9-11,18H2,(H,19,20);1H. The Bertz CT molecular complexity index is 469. The second kappa shape index (κ2) is 7.84. The first-order valence-corrected chi connectivity index (χ1v) is 7.95. The SMILES string of the molecule is Cl.NC1CC2CCCC(C1)C2NC(=O)COc1ccccc1. The molecule has 0 spiro atoms. The average molecular weight is 325 g/mol. The molecular weight excluding hydrogens is 300 g/mol. The number of benzene rings is 1. The molecule has 1 aromatic rings. The van der Waals surface area contributed by atoms with Gasteiger partial charge in [0.2, 0.25) is 0 Å². The summed E-state index contributed by atoms with van der Waals surface area (Å²) in [6, 6.07) is 10.1. The predicted molar refractivity (Wildman–Crippen MR) is 89.2 cm³/mol. The zero-order valence-electron chi connectivity index (χ0n) is 12.7.